The first-order valence-corrected chi connectivity index (χ1v) is 11.2. The van der Waals surface area contributed by atoms with Gasteiger partial charge in [-0.1, -0.05) is 59.6 Å². The molecule has 33 heavy (non-hydrogen) atoms. The zero-order valence-electron chi connectivity index (χ0n) is 18.8. The Morgan fingerprint density at radius 1 is 1.03 bits per heavy atom. The molecule has 1 amide bonds. The number of benzene rings is 3. The van der Waals surface area contributed by atoms with E-state index in [9.17, 15) is 9.90 Å². The second kappa shape index (κ2) is 12.3. The summed E-state index contributed by atoms with van der Waals surface area (Å²) in [7, 11) is 0. The number of hydrogen-bond donors (Lipinski definition) is 3. The van der Waals surface area contributed by atoms with Crippen LogP contribution in [0.3, 0.4) is 0 Å². The monoisotopic (exact) mass is 468 g/mol. The molecule has 0 fully saturated rings. The first kappa shape index (κ1) is 24.6. The third-order valence-corrected chi connectivity index (χ3v) is 5.30. The van der Waals surface area contributed by atoms with E-state index in [1.165, 1.54) is 0 Å². The molecule has 0 saturated carbocycles. The molecule has 0 spiro atoms. The van der Waals surface area contributed by atoms with Gasteiger partial charge in [0.25, 0.3) is 5.91 Å². The zero-order valence-corrected chi connectivity index (χ0v) is 19.6. The molecule has 7 heteroatoms. The van der Waals surface area contributed by atoms with Crippen LogP contribution in [-0.4, -0.2) is 30.8 Å². The molecule has 3 rings (SSSR count). The Kier molecular flexibility index (Phi) is 9.13. The third kappa shape index (κ3) is 7.49. The van der Waals surface area contributed by atoms with E-state index in [2.05, 4.69) is 10.6 Å². The normalized spacial score (nSPS) is 11.6. The Morgan fingerprint density at radius 3 is 2.42 bits per heavy atom. The van der Waals surface area contributed by atoms with Crippen LogP contribution in [0.5, 0.6) is 11.5 Å². The number of halogens is 1. The first-order valence-electron chi connectivity index (χ1n) is 10.8. The second-order valence-corrected chi connectivity index (χ2v) is 7.99. The van der Waals surface area contributed by atoms with Crippen molar-refractivity contribution in [1.82, 2.24) is 5.32 Å². The quantitative estimate of drug-likeness (QED) is 0.373. The van der Waals surface area contributed by atoms with Crippen molar-refractivity contribution in [2.24, 2.45) is 0 Å². The molecule has 1 atom stereocenters. The minimum absolute atomic E-state index is 0.175. The molecule has 0 bridgehead atoms. The van der Waals surface area contributed by atoms with Gasteiger partial charge in [0.05, 0.1) is 12.7 Å². The van der Waals surface area contributed by atoms with E-state index in [0.717, 1.165) is 16.7 Å². The van der Waals surface area contributed by atoms with E-state index in [0.29, 0.717) is 41.9 Å². The molecule has 3 aromatic rings. The Morgan fingerprint density at radius 2 is 1.73 bits per heavy atom. The lowest BCUT2D eigenvalue weighted by molar-refractivity contribution is -0.118. The van der Waals surface area contributed by atoms with Crippen LogP contribution >= 0.6 is 11.6 Å². The molecule has 0 aliphatic rings. The van der Waals surface area contributed by atoms with Gasteiger partial charge >= 0.3 is 0 Å². The summed E-state index contributed by atoms with van der Waals surface area (Å²) in [6.45, 7) is 4.94. The molecular weight excluding hydrogens is 440 g/mol. The standard InChI is InChI=1S/C26H29ClN2O4/c1-3-32-24-13-20(15-28-16-23(30)19-7-5-4-6-8-19)22(27)14-25(24)33-17-26(31)29-21-11-9-18(2)10-12-21/h4-14,23,28,30H,3,15-17H2,1-2H3,(H,29,31). The fourth-order valence-electron chi connectivity index (χ4n) is 3.21. The van der Waals surface area contributed by atoms with Crippen molar-refractivity contribution in [3.63, 3.8) is 0 Å². The molecule has 3 N–H and O–H groups in total. The van der Waals surface area contributed by atoms with Crippen molar-refractivity contribution in [2.75, 3.05) is 25.1 Å². The average Bonchev–Trinajstić information content (AvgIpc) is 2.82. The van der Waals surface area contributed by atoms with Crippen LogP contribution in [0.4, 0.5) is 5.69 Å². The van der Waals surface area contributed by atoms with Crippen LogP contribution in [-0.2, 0) is 11.3 Å². The number of rotatable bonds is 11. The van der Waals surface area contributed by atoms with Gasteiger partial charge in [-0.2, -0.15) is 0 Å². The van der Waals surface area contributed by atoms with Gasteiger partial charge in [-0.25, -0.2) is 0 Å². The topological polar surface area (TPSA) is 79.8 Å². The number of aliphatic hydroxyl groups is 1. The van der Waals surface area contributed by atoms with Crippen LogP contribution in [0.15, 0.2) is 66.7 Å². The van der Waals surface area contributed by atoms with Gasteiger partial charge in [0.1, 0.15) is 0 Å². The van der Waals surface area contributed by atoms with E-state index in [1.807, 2.05) is 68.4 Å². The van der Waals surface area contributed by atoms with Gasteiger partial charge in [-0.05, 0) is 43.2 Å². The predicted octanol–water partition coefficient (Wildman–Crippen LogP) is 4.89. The number of carbonyl (C=O) groups is 1. The molecule has 0 aliphatic heterocycles. The maximum Gasteiger partial charge on any atom is 0.262 e. The number of hydrogen-bond acceptors (Lipinski definition) is 5. The number of nitrogens with one attached hydrogen (secondary N) is 2. The number of anilines is 1. The van der Waals surface area contributed by atoms with Crippen molar-refractivity contribution in [3.05, 3.63) is 88.4 Å². The van der Waals surface area contributed by atoms with Gasteiger partial charge < -0.3 is 25.2 Å². The van der Waals surface area contributed by atoms with Crippen LogP contribution < -0.4 is 20.1 Å². The van der Waals surface area contributed by atoms with E-state index in [1.54, 1.807) is 12.1 Å². The van der Waals surface area contributed by atoms with Crippen LogP contribution in [0.2, 0.25) is 5.02 Å². The van der Waals surface area contributed by atoms with E-state index >= 15 is 0 Å². The van der Waals surface area contributed by atoms with Crippen molar-refractivity contribution < 1.29 is 19.4 Å². The summed E-state index contributed by atoms with van der Waals surface area (Å²) < 4.78 is 11.4. The molecule has 1 unspecified atom stereocenters. The minimum Gasteiger partial charge on any atom is -0.490 e. The van der Waals surface area contributed by atoms with E-state index < -0.39 is 6.10 Å². The molecule has 0 heterocycles. The summed E-state index contributed by atoms with van der Waals surface area (Å²) in [4.78, 5) is 12.3. The van der Waals surface area contributed by atoms with Gasteiger partial charge in [0.15, 0.2) is 18.1 Å². The largest absolute Gasteiger partial charge is 0.490 e. The first-order chi connectivity index (χ1) is 16.0. The van der Waals surface area contributed by atoms with E-state index in [4.69, 9.17) is 21.1 Å². The van der Waals surface area contributed by atoms with Crippen LogP contribution in [0.1, 0.15) is 29.7 Å². The lowest BCUT2D eigenvalue weighted by Crippen LogP contribution is -2.21. The highest BCUT2D eigenvalue weighted by atomic mass is 35.5. The summed E-state index contributed by atoms with van der Waals surface area (Å²) in [5.74, 6) is 0.623. The van der Waals surface area contributed by atoms with Crippen LogP contribution in [0.25, 0.3) is 0 Å². The Balaban J connectivity index is 1.59. The van der Waals surface area contributed by atoms with Gasteiger partial charge in [0.2, 0.25) is 0 Å². The summed E-state index contributed by atoms with van der Waals surface area (Å²) >= 11 is 6.46. The van der Waals surface area contributed by atoms with Crippen LogP contribution in [0, 0.1) is 6.92 Å². The molecule has 0 aliphatic carbocycles. The Labute approximate surface area is 199 Å². The Bertz CT molecular complexity index is 1040. The fourth-order valence-corrected chi connectivity index (χ4v) is 3.43. The van der Waals surface area contributed by atoms with E-state index in [-0.39, 0.29) is 12.5 Å². The van der Waals surface area contributed by atoms with Gasteiger partial charge in [-0.15, -0.1) is 0 Å². The summed E-state index contributed by atoms with van der Waals surface area (Å²) in [5.41, 5.74) is 3.47. The maximum absolute atomic E-state index is 12.3. The maximum atomic E-state index is 12.3. The lowest BCUT2D eigenvalue weighted by atomic mass is 10.1. The summed E-state index contributed by atoms with van der Waals surface area (Å²) in [6.07, 6.45) is -0.619. The fraction of sp³-hybridized carbons (Fsp3) is 0.269. The number of ether oxygens (including phenoxy) is 2. The average molecular weight is 469 g/mol. The van der Waals surface area contributed by atoms with Crippen molar-refractivity contribution >= 4 is 23.2 Å². The van der Waals surface area contributed by atoms with Gasteiger partial charge in [-0.3, -0.25) is 4.79 Å². The minimum atomic E-state index is -0.619. The predicted molar refractivity (Wildman–Crippen MR) is 131 cm³/mol. The summed E-state index contributed by atoms with van der Waals surface area (Å²) in [5, 5.41) is 16.8. The number of aliphatic hydroxyl groups excluding tert-OH is 1. The van der Waals surface area contributed by atoms with Gasteiger partial charge in [0, 0.05) is 29.9 Å². The SMILES string of the molecule is CCOc1cc(CNCC(O)c2ccccc2)c(Cl)cc1OCC(=O)Nc1ccc(C)cc1. The second-order valence-electron chi connectivity index (χ2n) is 7.58. The molecule has 6 nitrogen and oxygen atoms in total. The number of carbonyl (C=O) groups excluding carboxylic acids is 1. The Hall–Kier alpha value is -3.06. The lowest BCUT2D eigenvalue weighted by Gasteiger charge is -2.16. The smallest absolute Gasteiger partial charge is 0.262 e. The van der Waals surface area contributed by atoms with Crippen molar-refractivity contribution in [1.29, 1.82) is 0 Å². The third-order valence-electron chi connectivity index (χ3n) is 4.94. The number of amides is 1. The zero-order chi connectivity index (χ0) is 23.6. The molecular formula is C26H29ClN2O4. The molecule has 174 valence electrons. The molecule has 0 radical (unpaired) electrons. The highest BCUT2D eigenvalue weighted by Gasteiger charge is 2.14. The molecule has 0 aromatic heterocycles. The van der Waals surface area contributed by atoms with Crippen molar-refractivity contribution in [2.45, 2.75) is 26.5 Å². The highest BCUT2D eigenvalue weighted by Crippen LogP contribution is 2.34. The summed E-state index contributed by atoms with van der Waals surface area (Å²) in [6, 6.07) is 20.4. The molecule has 0 saturated heterocycles. The number of aryl methyl sites for hydroxylation is 1. The van der Waals surface area contributed by atoms with Crippen molar-refractivity contribution in [3.8, 4) is 11.5 Å². The highest BCUT2D eigenvalue weighted by molar-refractivity contribution is 6.31. The molecule has 3 aromatic carbocycles.